The lowest BCUT2D eigenvalue weighted by Crippen LogP contribution is -2.35. The molecule has 0 saturated heterocycles. The monoisotopic (exact) mass is 218 g/mol. The zero-order chi connectivity index (χ0) is 11.7. The molecule has 0 unspecified atom stereocenters. The zero-order valence-corrected chi connectivity index (χ0v) is 9.43. The van der Waals surface area contributed by atoms with Crippen molar-refractivity contribution < 1.29 is 9.59 Å². The molecule has 4 heteroatoms. The first-order valence-electron chi connectivity index (χ1n) is 5.21. The van der Waals surface area contributed by atoms with Crippen molar-refractivity contribution in [2.45, 2.75) is 0 Å². The molecule has 0 aliphatic carbocycles. The van der Waals surface area contributed by atoms with Crippen LogP contribution in [0, 0.1) is 0 Å². The van der Waals surface area contributed by atoms with Gasteiger partial charge in [-0.05, 0) is 26.2 Å². The number of fused-ring (bicyclic) bond motifs is 1. The van der Waals surface area contributed by atoms with Crippen molar-refractivity contribution in [2.24, 2.45) is 0 Å². The molecule has 1 aliphatic heterocycles. The lowest BCUT2D eigenvalue weighted by molar-refractivity contribution is -0.114. The fourth-order valence-corrected chi connectivity index (χ4v) is 1.77. The molecule has 0 bridgehead atoms. The molecule has 1 aliphatic rings. The Balaban J connectivity index is 2.27. The fraction of sp³-hybridized carbons (Fsp3) is 0.333. The molecule has 0 radical (unpaired) electrons. The predicted octanol–water partition coefficient (Wildman–Crippen LogP) is 0.777. The second-order valence-electron chi connectivity index (χ2n) is 4.11. The van der Waals surface area contributed by atoms with Gasteiger partial charge < -0.3 is 9.80 Å². The van der Waals surface area contributed by atoms with Crippen molar-refractivity contribution in [2.75, 3.05) is 32.1 Å². The number of amides is 1. The summed E-state index contributed by atoms with van der Waals surface area (Å²) in [6, 6.07) is 7.13. The second-order valence-corrected chi connectivity index (χ2v) is 4.11. The molecule has 0 N–H and O–H groups in total. The number of para-hydroxylation sites is 1. The van der Waals surface area contributed by atoms with Crippen LogP contribution in [0.4, 0.5) is 5.69 Å². The number of carbonyl (C=O) groups is 2. The smallest absolute Gasteiger partial charge is 0.299 e. The molecule has 1 heterocycles. The van der Waals surface area contributed by atoms with E-state index in [0.717, 1.165) is 12.2 Å². The van der Waals surface area contributed by atoms with Crippen LogP contribution >= 0.6 is 0 Å². The number of hydrogen-bond donors (Lipinski definition) is 0. The average Bonchev–Trinajstić information content (AvgIpc) is 2.50. The Hall–Kier alpha value is -1.68. The summed E-state index contributed by atoms with van der Waals surface area (Å²) in [5, 5.41) is 0. The Morgan fingerprint density at radius 2 is 1.88 bits per heavy atom. The number of carbonyl (C=O) groups excluding carboxylic acids is 2. The first-order chi connectivity index (χ1) is 7.61. The molecule has 1 aromatic carbocycles. The number of hydrogen-bond acceptors (Lipinski definition) is 3. The van der Waals surface area contributed by atoms with Gasteiger partial charge in [0.2, 0.25) is 0 Å². The number of benzene rings is 1. The van der Waals surface area contributed by atoms with E-state index in [1.807, 2.05) is 31.1 Å². The molecule has 0 aromatic heterocycles. The largest absolute Gasteiger partial charge is 0.308 e. The highest BCUT2D eigenvalue weighted by molar-refractivity contribution is 6.52. The maximum absolute atomic E-state index is 11.7. The molecule has 84 valence electrons. The van der Waals surface area contributed by atoms with Crippen LogP contribution in [0.3, 0.4) is 0 Å². The van der Waals surface area contributed by atoms with Crippen molar-refractivity contribution in [1.82, 2.24) is 4.90 Å². The van der Waals surface area contributed by atoms with E-state index in [4.69, 9.17) is 0 Å². The molecule has 1 amide bonds. The second kappa shape index (κ2) is 4.06. The maximum Gasteiger partial charge on any atom is 0.299 e. The minimum absolute atomic E-state index is 0.394. The first kappa shape index (κ1) is 10.8. The minimum Gasteiger partial charge on any atom is -0.308 e. The van der Waals surface area contributed by atoms with E-state index in [2.05, 4.69) is 0 Å². The summed E-state index contributed by atoms with van der Waals surface area (Å²) in [4.78, 5) is 26.9. The summed E-state index contributed by atoms with van der Waals surface area (Å²) >= 11 is 0. The topological polar surface area (TPSA) is 40.6 Å². The van der Waals surface area contributed by atoms with Crippen LogP contribution in [0.5, 0.6) is 0 Å². The third-order valence-electron chi connectivity index (χ3n) is 2.65. The first-order valence-corrected chi connectivity index (χ1v) is 5.21. The van der Waals surface area contributed by atoms with Crippen molar-refractivity contribution in [3.8, 4) is 0 Å². The summed E-state index contributed by atoms with van der Waals surface area (Å²) in [6.45, 7) is 1.29. The number of likely N-dealkylation sites (N-methyl/N-ethyl adjacent to an activating group) is 1. The summed E-state index contributed by atoms with van der Waals surface area (Å²) in [5.74, 6) is -0.808. The molecular weight excluding hydrogens is 204 g/mol. The molecule has 0 spiro atoms. The predicted molar refractivity (Wildman–Crippen MR) is 61.7 cm³/mol. The molecule has 0 fully saturated rings. The van der Waals surface area contributed by atoms with E-state index < -0.39 is 11.7 Å². The summed E-state index contributed by atoms with van der Waals surface area (Å²) in [6.07, 6.45) is 0. The lowest BCUT2D eigenvalue weighted by Gasteiger charge is -2.18. The fourth-order valence-electron chi connectivity index (χ4n) is 1.77. The van der Waals surface area contributed by atoms with Crippen LogP contribution in [0.15, 0.2) is 24.3 Å². The van der Waals surface area contributed by atoms with Crippen molar-refractivity contribution in [1.29, 1.82) is 0 Å². The van der Waals surface area contributed by atoms with Crippen LogP contribution in [0.1, 0.15) is 10.4 Å². The Morgan fingerprint density at radius 1 is 1.19 bits per heavy atom. The third kappa shape index (κ3) is 1.72. The van der Waals surface area contributed by atoms with Gasteiger partial charge in [-0.2, -0.15) is 0 Å². The van der Waals surface area contributed by atoms with Gasteiger partial charge in [-0.25, -0.2) is 0 Å². The average molecular weight is 218 g/mol. The van der Waals surface area contributed by atoms with Gasteiger partial charge in [-0.3, -0.25) is 9.59 Å². The van der Waals surface area contributed by atoms with E-state index >= 15 is 0 Å². The maximum atomic E-state index is 11.7. The van der Waals surface area contributed by atoms with Crippen LogP contribution in [-0.2, 0) is 4.79 Å². The number of nitrogens with zero attached hydrogens (tertiary/aromatic N) is 2. The van der Waals surface area contributed by atoms with E-state index in [9.17, 15) is 9.59 Å². The number of Topliss-reactive ketones (excluding diaryl/α,β-unsaturated/α-hetero) is 1. The molecule has 2 rings (SSSR count). The third-order valence-corrected chi connectivity index (χ3v) is 2.65. The van der Waals surface area contributed by atoms with E-state index in [-0.39, 0.29) is 0 Å². The van der Waals surface area contributed by atoms with Gasteiger partial charge in [0.05, 0.1) is 11.3 Å². The Kier molecular flexibility index (Phi) is 2.75. The van der Waals surface area contributed by atoms with Gasteiger partial charge in [0.1, 0.15) is 0 Å². The molecule has 1 aromatic rings. The van der Waals surface area contributed by atoms with Gasteiger partial charge in [-0.1, -0.05) is 12.1 Å². The minimum atomic E-state index is -0.414. The Morgan fingerprint density at radius 3 is 2.56 bits per heavy atom. The number of rotatable bonds is 3. The highest BCUT2D eigenvalue weighted by atomic mass is 16.2. The van der Waals surface area contributed by atoms with Crippen LogP contribution in [-0.4, -0.2) is 43.8 Å². The molecule has 4 nitrogen and oxygen atoms in total. The van der Waals surface area contributed by atoms with Crippen LogP contribution in [0.25, 0.3) is 0 Å². The molecular formula is C12H14N2O2. The van der Waals surface area contributed by atoms with Gasteiger partial charge in [0.25, 0.3) is 11.7 Å². The van der Waals surface area contributed by atoms with Gasteiger partial charge >= 0.3 is 0 Å². The highest BCUT2D eigenvalue weighted by Gasteiger charge is 2.34. The Bertz CT molecular complexity index is 440. The zero-order valence-electron chi connectivity index (χ0n) is 9.43. The lowest BCUT2D eigenvalue weighted by atomic mass is 10.1. The number of ketones is 1. The normalized spacial score (nSPS) is 14.8. The number of anilines is 1. The van der Waals surface area contributed by atoms with Crippen molar-refractivity contribution in [3.63, 3.8) is 0 Å². The standard InChI is InChI=1S/C12H14N2O2/c1-13(2)7-8-14-10-6-4-3-5-9(10)11(15)12(14)16/h3-6H,7-8H2,1-2H3. The van der Waals surface area contributed by atoms with E-state index in [1.54, 1.807) is 17.0 Å². The van der Waals surface area contributed by atoms with Crippen LogP contribution in [0.2, 0.25) is 0 Å². The van der Waals surface area contributed by atoms with E-state index in [0.29, 0.717) is 12.1 Å². The van der Waals surface area contributed by atoms with Gasteiger partial charge in [0.15, 0.2) is 0 Å². The SMILES string of the molecule is CN(C)CCN1C(=O)C(=O)c2ccccc21. The molecule has 16 heavy (non-hydrogen) atoms. The van der Waals surface area contributed by atoms with Crippen LogP contribution < -0.4 is 4.90 Å². The summed E-state index contributed by atoms with van der Waals surface area (Å²) in [5.41, 5.74) is 1.26. The van der Waals surface area contributed by atoms with E-state index in [1.165, 1.54) is 0 Å². The Labute approximate surface area is 94.5 Å². The molecule has 0 saturated carbocycles. The molecule has 0 atom stereocenters. The quantitative estimate of drug-likeness (QED) is 0.704. The summed E-state index contributed by atoms with van der Waals surface area (Å²) < 4.78 is 0. The summed E-state index contributed by atoms with van der Waals surface area (Å²) in [7, 11) is 3.88. The van der Waals surface area contributed by atoms with Gasteiger partial charge in [-0.15, -0.1) is 0 Å². The van der Waals surface area contributed by atoms with Crippen molar-refractivity contribution in [3.05, 3.63) is 29.8 Å². The van der Waals surface area contributed by atoms with Crippen molar-refractivity contribution >= 4 is 17.4 Å². The highest BCUT2D eigenvalue weighted by Crippen LogP contribution is 2.27. The van der Waals surface area contributed by atoms with Gasteiger partial charge in [0, 0.05) is 13.1 Å².